The second-order valence-corrected chi connectivity index (χ2v) is 3.97. The predicted molar refractivity (Wildman–Crippen MR) is 59.9 cm³/mol. The van der Waals surface area contributed by atoms with Gasteiger partial charge in [0.1, 0.15) is 0 Å². The van der Waals surface area contributed by atoms with E-state index in [0.717, 1.165) is 5.56 Å². The molecule has 14 heavy (non-hydrogen) atoms. The summed E-state index contributed by atoms with van der Waals surface area (Å²) < 4.78 is 0. The third kappa shape index (κ3) is 2.03. The number of Topliss-reactive ketones (excluding diaryl/α,β-unsaturated/α-hetero) is 1. The van der Waals surface area contributed by atoms with Gasteiger partial charge in [0.15, 0.2) is 5.78 Å². The zero-order valence-electron chi connectivity index (χ0n) is 9.42. The maximum absolute atomic E-state index is 11.7. The monoisotopic (exact) mass is 190 g/mol. The van der Waals surface area contributed by atoms with Crippen LogP contribution in [0, 0.1) is 6.92 Å². The zero-order valence-corrected chi connectivity index (χ0v) is 9.42. The predicted octanol–water partition coefficient (Wildman–Crippen LogP) is 3.71. The summed E-state index contributed by atoms with van der Waals surface area (Å²) in [5.74, 6) is 0.666. The fourth-order valence-corrected chi connectivity index (χ4v) is 1.88. The molecule has 0 amide bonds. The first-order chi connectivity index (χ1) is 6.57. The second kappa shape index (κ2) is 4.41. The number of ketones is 1. The molecule has 0 aromatic heterocycles. The summed E-state index contributed by atoms with van der Waals surface area (Å²) in [7, 11) is 0. The molecule has 76 valence electrons. The summed E-state index contributed by atoms with van der Waals surface area (Å²) in [6.45, 7) is 8.25. The fraction of sp³-hybridized carbons (Fsp3) is 0.462. The minimum atomic E-state index is 0.248. The minimum Gasteiger partial charge on any atom is -0.294 e. The molecule has 0 unspecified atom stereocenters. The van der Waals surface area contributed by atoms with Gasteiger partial charge in [-0.1, -0.05) is 39.0 Å². The quantitative estimate of drug-likeness (QED) is 0.664. The van der Waals surface area contributed by atoms with Crippen LogP contribution >= 0.6 is 0 Å². The summed E-state index contributed by atoms with van der Waals surface area (Å²) in [5.41, 5.74) is 3.33. The van der Waals surface area contributed by atoms with Crippen LogP contribution in [-0.4, -0.2) is 5.78 Å². The first-order valence-electron chi connectivity index (χ1n) is 5.20. The number of aryl methyl sites for hydroxylation is 1. The Morgan fingerprint density at radius 1 is 1.36 bits per heavy atom. The first-order valence-corrected chi connectivity index (χ1v) is 5.20. The van der Waals surface area contributed by atoms with Gasteiger partial charge in [-0.2, -0.15) is 0 Å². The van der Waals surface area contributed by atoms with Gasteiger partial charge in [0, 0.05) is 12.0 Å². The van der Waals surface area contributed by atoms with Crippen LogP contribution in [-0.2, 0) is 0 Å². The lowest BCUT2D eigenvalue weighted by Crippen LogP contribution is -2.05. The maximum atomic E-state index is 11.7. The molecule has 1 nitrogen and oxygen atoms in total. The van der Waals surface area contributed by atoms with Gasteiger partial charge < -0.3 is 0 Å². The van der Waals surface area contributed by atoms with Gasteiger partial charge in [-0.05, 0) is 24.0 Å². The zero-order chi connectivity index (χ0) is 10.7. The lowest BCUT2D eigenvalue weighted by molar-refractivity contribution is 0.0987. The summed E-state index contributed by atoms with van der Waals surface area (Å²) in [6.07, 6.45) is 0.586. The molecule has 0 bridgehead atoms. The Balaban J connectivity index is 3.28. The molecule has 1 heteroatoms. The maximum Gasteiger partial charge on any atom is 0.162 e. The molecule has 0 atom stereocenters. The molecule has 0 saturated carbocycles. The van der Waals surface area contributed by atoms with Gasteiger partial charge >= 0.3 is 0 Å². The first kappa shape index (κ1) is 11.0. The van der Waals surface area contributed by atoms with E-state index in [2.05, 4.69) is 26.8 Å². The van der Waals surface area contributed by atoms with Crippen LogP contribution in [0.3, 0.4) is 0 Å². The van der Waals surface area contributed by atoms with E-state index in [-0.39, 0.29) is 5.78 Å². The van der Waals surface area contributed by atoms with Gasteiger partial charge in [0.05, 0.1) is 0 Å². The average Bonchev–Trinajstić information content (AvgIpc) is 2.15. The van der Waals surface area contributed by atoms with E-state index in [1.807, 2.05) is 19.1 Å². The van der Waals surface area contributed by atoms with Crippen LogP contribution in [0.2, 0.25) is 0 Å². The van der Waals surface area contributed by atoms with Crippen LogP contribution in [0.15, 0.2) is 18.2 Å². The Morgan fingerprint density at radius 2 is 2.00 bits per heavy atom. The standard InChI is InChI=1S/C13H18O/c1-5-12(14)11-8-6-7-10(4)13(11)9(2)3/h6-9H,5H2,1-4H3. The molecule has 0 radical (unpaired) electrons. The summed E-state index contributed by atoms with van der Waals surface area (Å²) in [6, 6.07) is 5.97. The number of carbonyl (C=O) groups excluding carboxylic acids is 1. The van der Waals surface area contributed by atoms with Crippen molar-refractivity contribution in [3.8, 4) is 0 Å². The molecular weight excluding hydrogens is 172 g/mol. The number of hydrogen-bond acceptors (Lipinski definition) is 1. The Morgan fingerprint density at radius 3 is 2.50 bits per heavy atom. The number of rotatable bonds is 3. The van der Waals surface area contributed by atoms with E-state index >= 15 is 0 Å². The van der Waals surface area contributed by atoms with Crippen LogP contribution < -0.4 is 0 Å². The number of hydrogen-bond donors (Lipinski definition) is 0. The highest BCUT2D eigenvalue weighted by molar-refractivity contribution is 5.97. The van der Waals surface area contributed by atoms with Crippen LogP contribution in [0.25, 0.3) is 0 Å². The van der Waals surface area contributed by atoms with Crippen molar-refractivity contribution in [3.05, 3.63) is 34.9 Å². The summed E-state index contributed by atoms with van der Waals surface area (Å²) in [5, 5.41) is 0. The van der Waals surface area contributed by atoms with E-state index in [1.165, 1.54) is 11.1 Å². The molecule has 1 aromatic rings. The van der Waals surface area contributed by atoms with Crippen molar-refractivity contribution in [2.24, 2.45) is 0 Å². The highest BCUT2D eigenvalue weighted by atomic mass is 16.1. The van der Waals surface area contributed by atoms with Gasteiger partial charge in [-0.15, -0.1) is 0 Å². The number of benzene rings is 1. The van der Waals surface area contributed by atoms with E-state index in [1.54, 1.807) is 0 Å². The van der Waals surface area contributed by atoms with Crippen molar-refractivity contribution < 1.29 is 4.79 Å². The Labute approximate surface area is 86.1 Å². The van der Waals surface area contributed by atoms with Gasteiger partial charge in [-0.25, -0.2) is 0 Å². The van der Waals surface area contributed by atoms with E-state index < -0.39 is 0 Å². The highest BCUT2D eigenvalue weighted by Crippen LogP contribution is 2.24. The number of carbonyl (C=O) groups is 1. The topological polar surface area (TPSA) is 17.1 Å². The summed E-state index contributed by atoms with van der Waals surface area (Å²) in [4.78, 5) is 11.7. The van der Waals surface area contributed by atoms with E-state index in [0.29, 0.717) is 12.3 Å². The van der Waals surface area contributed by atoms with Crippen molar-refractivity contribution >= 4 is 5.78 Å². The van der Waals surface area contributed by atoms with Gasteiger partial charge in [-0.3, -0.25) is 4.79 Å². The van der Waals surface area contributed by atoms with Crippen LogP contribution in [0.5, 0.6) is 0 Å². The van der Waals surface area contributed by atoms with Gasteiger partial charge in [0.25, 0.3) is 0 Å². The molecule has 0 aliphatic carbocycles. The lowest BCUT2D eigenvalue weighted by Gasteiger charge is -2.14. The van der Waals surface area contributed by atoms with E-state index in [9.17, 15) is 4.79 Å². The Bertz CT molecular complexity index is 337. The molecule has 0 heterocycles. The average molecular weight is 190 g/mol. The third-order valence-corrected chi connectivity index (χ3v) is 2.52. The Hall–Kier alpha value is -1.11. The molecule has 1 aromatic carbocycles. The molecule has 0 saturated heterocycles. The SMILES string of the molecule is CCC(=O)c1cccc(C)c1C(C)C. The fourth-order valence-electron chi connectivity index (χ4n) is 1.88. The minimum absolute atomic E-state index is 0.248. The molecule has 0 aliphatic heterocycles. The van der Waals surface area contributed by atoms with Crippen LogP contribution in [0.4, 0.5) is 0 Å². The normalized spacial score (nSPS) is 10.6. The van der Waals surface area contributed by atoms with Crippen molar-refractivity contribution in [1.29, 1.82) is 0 Å². The van der Waals surface area contributed by atoms with E-state index in [4.69, 9.17) is 0 Å². The second-order valence-electron chi connectivity index (χ2n) is 3.97. The van der Waals surface area contributed by atoms with Crippen molar-refractivity contribution in [2.75, 3.05) is 0 Å². The molecule has 0 aliphatic rings. The highest BCUT2D eigenvalue weighted by Gasteiger charge is 2.13. The van der Waals surface area contributed by atoms with Crippen molar-refractivity contribution in [1.82, 2.24) is 0 Å². The summed E-state index contributed by atoms with van der Waals surface area (Å²) >= 11 is 0. The molecule has 0 fully saturated rings. The molecule has 0 N–H and O–H groups in total. The molecular formula is C13H18O. The molecule has 0 spiro atoms. The van der Waals surface area contributed by atoms with Crippen molar-refractivity contribution in [2.45, 2.75) is 40.0 Å². The smallest absolute Gasteiger partial charge is 0.162 e. The third-order valence-electron chi connectivity index (χ3n) is 2.52. The van der Waals surface area contributed by atoms with Gasteiger partial charge in [0.2, 0.25) is 0 Å². The largest absolute Gasteiger partial charge is 0.294 e. The molecule has 1 rings (SSSR count). The Kier molecular flexibility index (Phi) is 3.45. The van der Waals surface area contributed by atoms with Crippen LogP contribution in [0.1, 0.15) is 54.6 Å². The lowest BCUT2D eigenvalue weighted by atomic mass is 9.90. The van der Waals surface area contributed by atoms with Crippen molar-refractivity contribution in [3.63, 3.8) is 0 Å².